The largest absolute Gasteiger partial charge is 0.378 e. The summed E-state index contributed by atoms with van der Waals surface area (Å²) in [5, 5.41) is 0.873. The van der Waals surface area contributed by atoms with Crippen LogP contribution in [0.4, 0.5) is 5.69 Å². The maximum Gasteiger partial charge on any atom is 0.199 e. The van der Waals surface area contributed by atoms with Gasteiger partial charge in [0.25, 0.3) is 0 Å². The number of benzene rings is 2. The molecule has 138 valence electrons. The van der Waals surface area contributed by atoms with Crippen LogP contribution < -0.4 is 4.90 Å². The van der Waals surface area contributed by atoms with Gasteiger partial charge in [0.15, 0.2) is 5.71 Å². The van der Waals surface area contributed by atoms with Crippen molar-refractivity contribution < 1.29 is 4.58 Å². The van der Waals surface area contributed by atoms with E-state index in [9.17, 15) is 0 Å². The first-order valence-electron chi connectivity index (χ1n) is 9.07. The Kier molecular flexibility index (Phi) is 6.12. The predicted octanol–water partition coefficient (Wildman–Crippen LogP) is 5.29. The van der Waals surface area contributed by atoms with Gasteiger partial charge in [0.2, 0.25) is 0 Å². The van der Waals surface area contributed by atoms with Crippen molar-refractivity contribution in [2.24, 2.45) is 0 Å². The zero-order valence-corrected chi connectivity index (χ0v) is 18.0. The molecule has 3 heteroatoms. The minimum atomic E-state index is 0.873. The zero-order valence-electron chi connectivity index (χ0n) is 16.4. The summed E-state index contributed by atoms with van der Waals surface area (Å²) in [6, 6.07) is 17.6. The molecule has 0 amide bonds. The molecule has 2 aromatic rings. The maximum atomic E-state index is 3.54. The van der Waals surface area contributed by atoms with Gasteiger partial charge in [-0.25, -0.2) is 4.58 Å². The summed E-state index contributed by atoms with van der Waals surface area (Å²) in [6.45, 7) is 0. The number of anilines is 1. The monoisotopic (exact) mass is 421 g/mol. The lowest BCUT2D eigenvalue weighted by Gasteiger charge is -2.16. The Morgan fingerprint density at radius 2 is 1.33 bits per heavy atom. The molecule has 2 aromatic carbocycles. The van der Waals surface area contributed by atoms with Crippen LogP contribution in [-0.2, 0) is 5.33 Å². The molecule has 0 fully saturated rings. The van der Waals surface area contributed by atoms with Crippen molar-refractivity contribution in [1.82, 2.24) is 0 Å². The molecule has 0 saturated heterocycles. The van der Waals surface area contributed by atoms with Gasteiger partial charge in [-0.05, 0) is 52.1 Å². The van der Waals surface area contributed by atoms with Crippen LogP contribution in [0.2, 0.25) is 0 Å². The lowest BCUT2D eigenvalue weighted by Crippen LogP contribution is -2.10. The van der Waals surface area contributed by atoms with Crippen LogP contribution in [0, 0.1) is 0 Å². The Morgan fingerprint density at radius 1 is 0.815 bits per heavy atom. The molecule has 2 nitrogen and oxygen atoms in total. The third-order valence-electron chi connectivity index (χ3n) is 4.74. The van der Waals surface area contributed by atoms with Crippen LogP contribution in [0.25, 0.3) is 5.57 Å². The number of halogens is 1. The second kappa shape index (κ2) is 8.53. The van der Waals surface area contributed by atoms with Crippen LogP contribution in [0.5, 0.6) is 0 Å². The Bertz CT molecular complexity index is 905. The van der Waals surface area contributed by atoms with Crippen molar-refractivity contribution in [3.63, 3.8) is 0 Å². The van der Waals surface area contributed by atoms with Crippen molar-refractivity contribution in [2.75, 3.05) is 33.1 Å². The number of rotatable bonds is 4. The Balaban J connectivity index is 2.12. The summed E-state index contributed by atoms with van der Waals surface area (Å²) in [6.07, 6.45) is 8.78. The van der Waals surface area contributed by atoms with Crippen LogP contribution >= 0.6 is 15.9 Å². The predicted molar refractivity (Wildman–Crippen MR) is 121 cm³/mol. The first-order chi connectivity index (χ1) is 13.0. The molecule has 0 N–H and O–H groups in total. The molecular weight excluding hydrogens is 396 g/mol. The summed E-state index contributed by atoms with van der Waals surface area (Å²) < 4.78 is 2.13. The van der Waals surface area contributed by atoms with E-state index >= 15 is 0 Å². The van der Waals surface area contributed by atoms with E-state index < -0.39 is 0 Å². The van der Waals surface area contributed by atoms with Gasteiger partial charge < -0.3 is 4.90 Å². The number of hydrogen-bond donors (Lipinski definition) is 0. The molecule has 0 atom stereocenters. The van der Waals surface area contributed by atoms with Crippen molar-refractivity contribution in [2.45, 2.75) is 5.33 Å². The number of alkyl halides is 1. The quantitative estimate of drug-likeness (QED) is 0.480. The second-order valence-corrected chi connectivity index (χ2v) is 7.65. The molecule has 0 bridgehead atoms. The summed E-state index contributed by atoms with van der Waals surface area (Å²) >= 11 is 3.54. The molecule has 0 aliphatic heterocycles. The molecule has 0 unspecified atom stereocenters. The maximum absolute atomic E-state index is 3.54. The Morgan fingerprint density at radius 3 is 1.78 bits per heavy atom. The van der Waals surface area contributed by atoms with E-state index in [0.29, 0.717) is 0 Å². The van der Waals surface area contributed by atoms with Crippen molar-refractivity contribution >= 4 is 32.9 Å². The van der Waals surface area contributed by atoms with E-state index in [4.69, 9.17) is 0 Å². The summed E-state index contributed by atoms with van der Waals surface area (Å²) in [5.74, 6) is 0. The SMILES string of the molecule is CN(C)c1ccc(C(=C2C=CC(=[N+](C)C)C=C2)c2ccc(CBr)cc2)cc1. The highest BCUT2D eigenvalue weighted by molar-refractivity contribution is 9.08. The van der Waals surface area contributed by atoms with Crippen molar-refractivity contribution in [3.05, 3.63) is 95.1 Å². The second-order valence-electron chi connectivity index (χ2n) is 7.09. The number of allylic oxidation sites excluding steroid dienone is 5. The van der Waals surface area contributed by atoms with Gasteiger partial charge in [0, 0.05) is 37.3 Å². The molecule has 27 heavy (non-hydrogen) atoms. The van der Waals surface area contributed by atoms with E-state index in [0.717, 1.165) is 5.33 Å². The fourth-order valence-corrected chi connectivity index (χ4v) is 3.49. The van der Waals surface area contributed by atoms with E-state index in [2.05, 4.69) is 126 Å². The van der Waals surface area contributed by atoms with Crippen molar-refractivity contribution in [3.8, 4) is 0 Å². The van der Waals surface area contributed by atoms with Gasteiger partial charge in [-0.1, -0.05) is 52.3 Å². The Labute approximate surface area is 171 Å². The van der Waals surface area contributed by atoms with Gasteiger partial charge in [-0.3, -0.25) is 0 Å². The highest BCUT2D eigenvalue weighted by atomic mass is 79.9. The smallest absolute Gasteiger partial charge is 0.199 e. The molecule has 3 rings (SSSR count). The molecule has 0 heterocycles. The third-order valence-corrected chi connectivity index (χ3v) is 5.39. The van der Waals surface area contributed by atoms with E-state index in [1.165, 1.54) is 39.2 Å². The minimum Gasteiger partial charge on any atom is -0.378 e. The first kappa shape index (κ1) is 19.4. The van der Waals surface area contributed by atoms with Crippen molar-refractivity contribution in [1.29, 1.82) is 0 Å². The highest BCUT2D eigenvalue weighted by Gasteiger charge is 2.13. The van der Waals surface area contributed by atoms with Gasteiger partial charge >= 0.3 is 0 Å². The highest BCUT2D eigenvalue weighted by Crippen LogP contribution is 2.31. The fourth-order valence-electron chi connectivity index (χ4n) is 3.11. The summed E-state index contributed by atoms with van der Waals surface area (Å²) in [5.41, 5.74) is 8.63. The molecule has 0 radical (unpaired) electrons. The number of hydrogen-bond acceptors (Lipinski definition) is 1. The minimum absolute atomic E-state index is 0.873. The van der Waals surface area contributed by atoms with Crippen LogP contribution in [-0.4, -0.2) is 38.5 Å². The lowest BCUT2D eigenvalue weighted by molar-refractivity contribution is -0.462. The number of nitrogens with zero attached hydrogens (tertiary/aromatic N) is 2. The topological polar surface area (TPSA) is 6.25 Å². The van der Waals surface area contributed by atoms with E-state index in [-0.39, 0.29) is 0 Å². The van der Waals surface area contributed by atoms with Gasteiger partial charge in [-0.2, -0.15) is 0 Å². The zero-order chi connectivity index (χ0) is 19.4. The summed E-state index contributed by atoms with van der Waals surface area (Å²) in [7, 11) is 8.27. The fraction of sp³-hybridized carbons (Fsp3) is 0.208. The van der Waals surface area contributed by atoms with Gasteiger partial charge in [0.05, 0.1) is 0 Å². The van der Waals surface area contributed by atoms with Gasteiger partial charge in [0.1, 0.15) is 14.1 Å². The first-order valence-corrected chi connectivity index (χ1v) is 10.2. The molecule has 0 aromatic heterocycles. The molecule has 1 aliphatic rings. The molecular formula is C24H26BrN2+. The molecule has 1 aliphatic carbocycles. The average molecular weight is 422 g/mol. The normalized spacial score (nSPS) is 13.1. The van der Waals surface area contributed by atoms with Crippen LogP contribution in [0.1, 0.15) is 16.7 Å². The van der Waals surface area contributed by atoms with E-state index in [1.807, 2.05) is 0 Å². The van der Waals surface area contributed by atoms with Crippen LogP contribution in [0.3, 0.4) is 0 Å². The van der Waals surface area contributed by atoms with E-state index in [1.54, 1.807) is 0 Å². The molecule has 0 saturated carbocycles. The standard InChI is InChI=1S/C24H26BrN2/c1-26(2)22-13-9-20(10-14-22)24(19-7-5-18(17-25)6-8-19)21-11-15-23(16-12-21)27(3)4/h5-16H,17H2,1-4H3/q+1. The van der Waals surface area contributed by atoms with Crippen LogP contribution in [0.15, 0.2) is 78.4 Å². The summed E-state index contributed by atoms with van der Waals surface area (Å²) in [4.78, 5) is 2.13. The molecule has 0 spiro atoms. The average Bonchev–Trinajstić information content (AvgIpc) is 2.69. The lowest BCUT2D eigenvalue weighted by atomic mass is 9.90. The van der Waals surface area contributed by atoms with Gasteiger partial charge in [-0.15, -0.1) is 0 Å². The Hall–Kier alpha value is -2.39. The third kappa shape index (κ3) is 4.48.